The molecule has 1 N–H and O–H groups in total. The van der Waals surface area contributed by atoms with Gasteiger partial charge in [0.2, 0.25) is 0 Å². The third kappa shape index (κ3) is 2.94. The fraction of sp³-hybridized carbons (Fsp3) is 0.467. The van der Waals surface area contributed by atoms with E-state index in [9.17, 15) is 4.79 Å². The summed E-state index contributed by atoms with van der Waals surface area (Å²) in [6, 6.07) is 3.75. The van der Waals surface area contributed by atoms with E-state index in [2.05, 4.69) is 20.3 Å². The first kappa shape index (κ1) is 13.7. The molecule has 0 aromatic carbocycles. The van der Waals surface area contributed by atoms with Crippen molar-refractivity contribution in [3.8, 4) is 0 Å². The predicted molar refractivity (Wildman–Crippen MR) is 77.6 cm³/mol. The van der Waals surface area contributed by atoms with Gasteiger partial charge in [-0.2, -0.15) is 0 Å². The summed E-state index contributed by atoms with van der Waals surface area (Å²) in [6.45, 7) is 5.51. The summed E-state index contributed by atoms with van der Waals surface area (Å²) >= 11 is 0. The van der Waals surface area contributed by atoms with Crippen LogP contribution in [0.3, 0.4) is 0 Å². The molecule has 0 radical (unpaired) electrons. The molecule has 2 aromatic heterocycles. The molecule has 2 aromatic rings. The summed E-state index contributed by atoms with van der Waals surface area (Å²) in [5, 5.41) is 3.77. The zero-order valence-electron chi connectivity index (χ0n) is 12.4. The van der Waals surface area contributed by atoms with E-state index in [1.807, 2.05) is 32.9 Å². The highest BCUT2D eigenvalue weighted by Gasteiger charge is 2.49. The molecule has 1 aliphatic carbocycles. The van der Waals surface area contributed by atoms with Gasteiger partial charge >= 0.3 is 6.09 Å². The van der Waals surface area contributed by atoms with Crippen molar-refractivity contribution in [3.05, 3.63) is 30.4 Å². The topological polar surface area (TPSA) is 77.0 Å². The molecule has 6 heteroatoms. The first-order chi connectivity index (χ1) is 9.88. The summed E-state index contributed by atoms with van der Waals surface area (Å²) in [7, 11) is 0. The van der Waals surface area contributed by atoms with E-state index in [0.29, 0.717) is 11.5 Å². The van der Waals surface area contributed by atoms with Gasteiger partial charge in [0.15, 0.2) is 11.5 Å². The van der Waals surface area contributed by atoms with Crippen LogP contribution in [0.2, 0.25) is 0 Å². The van der Waals surface area contributed by atoms with Gasteiger partial charge in [0.1, 0.15) is 11.1 Å². The monoisotopic (exact) mass is 286 g/mol. The van der Waals surface area contributed by atoms with E-state index >= 15 is 0 Å². The SMILES string of the molecule is CC(C)(C)OC(=O)NC1(c2ncc3cccnc3n2)CC1. The van der Waals surface area contributed by atoms with E-state index in [0.717, 1.165) is 18.2 Å². The number of amides is 1. The fourth-order valence-electron chi connectivity index (χ4n) is 2.12. The Kier molecular flexibility index (Phi) is 3.04. The van der Waals surface area contributed by atoms with Gasteiger partial charge in [-0.25, -0.2) is 19.7 Å². The number of hydrogen-bond acceptors (Lipinski definition) is 5. The van der Waals surface area contributed by atoms with Crippen LogP contribution >= 0.6 is 0 Å². The summed E-state index contributed by atoms with van der Waals surface area (Å²) in [5.74, 6) is 0.597. The average Bonchev–Trinajstić information content (AvgIpc) is 3.16. The van der Waals surface area contributed by atoms with Crippen molar-refractivity contribution in [3.63, 3.8) is 0 Å². The number of fused-ring (bicyclic) bond motifs is 1. The Bertz CT molecular complexity index is 689. The highest BCUT2D eigenvalue weighted by molar-refractivity contribution is 5.73. The summed E-state index contributed by atoms with van der Waals surface area (Å²) in [4.78, 5) is 25.0. The molecule has 0 atom stereocenters. The zero-order chi connectivity index (χ0) is 15.1. The lowest BCUT2D eigenvalue weighted by atomic mass is 10.2. The number of nitrogens with zero attached hydrogens (tertiary/aromatic N) is 3. The van der Waals surface area contributed by atoms with Gasteiger partial charge < -0.3 is 10.1 Å². The molecule has 2 heterocycles. The molecule has 3 rings (SSSR count). The number of ether oxygens (including phenoxy) is 1. The van der Waals surface area contributed by atoms with Crippen molar-refractivity contribution in [1.82, 2.24) is 20.3 Å². The minimum absolute atomic E-state index is 0.440. The highest BCUT2D eigenvalue weighted by Crippen LogP contribution is 2.44. The second-order valence-corrected chi connectivity index (χ2v) is 6.32. The van der Waals surface area contributed by atoms with Crippen LogP contribution in [0.1, 0.15) is 39.4 Å². The molecule has 0 saturated heterocycles. The number of rotatable bonds is 2. The highest BCUT2D eigenvalue weighted by atomic mass is 16.6. The van der Waals surface area contributed by atoms with Gasteiger partial charge in [-0.05, 0) is 45.7 Å². The Hall–Kier alpha value is -2.24. The van der Waals surface area contributed by atoms with Gasteiger partial charge in [-0.1, -0.05) is 0 Å². The first-order valence-corrected chi connectivity index (χ1v) is 6.97. The van der Waals surface area contributed by atoms with Crippen molar-refractivity contribution in [2.45, 2.75) is 44.8 Å². The summed E-state index contributed by atoms with van der Waals surface area (Å²) in [5.41, 5.74) is -0.389. The average molecular weight is 286 g/mol. The Morgan fingerprint density at radius 1 is 1.33 bits per heavy atom. The number of hydrogen-bond donors (Lipinski definition) is 1. The number of carbonyl (C=O) groups is 1. The van der Waals surface area contributed by atoms with Crippen molar-refractivity contribution in [2.75, 3.05) is 0 Å². The molecule has 110 valence electrons. The number of alkyl carbamates (subject to hydrolysis) is 1. The fourth-order valence-corrected chi connectivity index (χ4v) is 2.12. The lowest BCUT2D eigenvalue weighted by Gasteiger charge is -2.22. The Labute approximate surface area is 123 Å². The van der Waals surface area contributed by atoms with Crippen LogP contribution in [-0.2, 0) is 10.3 Å². The van der Waals surface area contributed by atoms with E-state index in [1.165, 1.54) is 0 Å². The molecule has 1 amide bonds. The van der Waals surface area contributed by atoms with Crippen LogP contribution in [0.4, 0.5) is 4.79 Å². The number of nitrogens with one attached hydrogen (secondary N) is 1. The zero-order valence-corrected chi connectivity index (χ0v) is 12.4. The van der Waals surface area contributed by atoms with Crippen LogP contribution < -0.4 is 5.32 Å². The molecule has 0 aliphatic heterocycles. The van der Waals surface area contributed by atoms with Gasteiger partial charge in [0, 0.05) is 17.8 Å². The summed E-state index contributed by atoms with van der Waals surface area (Å²) < 4.78 is 5.30. The smallest absolute Gasteiger partial charge is 0.408 e. The Balaban J connectivity index is 1.82. The van der Waals surface area contributed by atoms with Gasteiger partial charge in [0.05, 0.1) is 0 Å². The second kappa shape index (κ2) is 4.65. The maximum absolute atomic E-state index is 11.9. The molecule has 1 fully saturated rings. The Morgan fingerprint density at radius 3 is 2.76 bits per heavy atom. The lowest BCUT2D eigenvalue weighted by Crippen LogP contribution is -2.40. The predicted octanol–water partition coefficient (Wildman–Crippen LogP) is 2.54. The molecule has 21 heavy (non-hydrogen) atoms. The van der Waals surface area contributed by atoms with Gasteiger partial charge in [-0.15, -0.1) is 0 Å². The number of aromatic nitrogens is 3. The van der Waals surface area contributed by atoms with E-state index in [1.54, 1.807) is 12.4 Å². The molecule has 0 bridgehead atoms. The lowest BCUT2D eigenvalue weighted by molar-refractivity contribution is 0.0492. The third-order valence-corrected chi connectivity index (χ3v) is 3.27. The van der Waals surface area contributed by atoms with E-state index in [4.69, 9.17) is 4.74 Å². The van der Waals surface area contributed by atoms with E-state index in [-0.39, 0.29) is 0 Å². The van der Waals surface area contributed by atoms with Crippen LogP contribution in [0, 0.1) is 0 Å². The molecule has 6 nitrogen and oxygen atoms in total. The Morgan fingerprint density at radius 2 is 2.10 bits per heavy atom. The van der Waals surface area contributed by atoms with Crippen molar-refractivity contribution < 1.29 is 9.53 Å². The van der Waals surface area contributed by atoms with Crippen molar-refractivity contribution in [1.29, 1.82) is 0 Å². The quantitative estimate of drug-likeness (QED) is 0.918. The molecule has 0 unspecified atom stereocenters. The van der Waals surface area contributed by atoms with E-state index < -0.39 is 17.2 Å². The van der Waals surface area contributed by atoms with Gasteiger partial charge in [-0.3, -0.25) is 0 Å². The number of carbonyl (C=O) groups excluding carboxylic acids is 1. The molecular weight excluding hydrogens is 268 g/mol. The van der Waals surface area contributed by atoms with Crippen molar-refractivity contribution >= 4 is 17.1 Å². The molecule has 0 spiro atoms. The van der Waals surface area contributed by atoms with Crippen LogP contribution in [0.5, 0.6) is 0 Å². The molecular formula is C15H18N4O2. The minimum Gasteiger partial charge on any atom is -0.444 e. The normalized spacial score (nSPS) is 16.5. The first-order valence-electron chi connectivity index (χ1n) is 6.97. The summed E-state index contributed by atoms with van der Waals surface area (Å²) in [6.07, 6.45) is 4.61. The minimum atomic E-state index is -0.522. The molecule has 1 saturated carbocycles. The van der Waals surface area contributed by atoms with Crippen molar-refractivity contribution in [2.24, 2.45) is 0 Å². The molecule has 1 aliphatic rings. The third-order valence-electron chi connectivity index (χ3n) is 3.27. The maximum Gasteiger partial charge on any atom is 0.408 e. The van der Waals surface area contributed by atoms with Crippen LogP contribution in [0.25, 0.3) is 11.0 Å². The largest absolute Gasteiger partial charge is 0.444 e. The van der Waals surface area contributed by atoms with Crippen LogP contribution in [-0.4, -0.2) is 26.6 Å². The maximum atomic E-state index is 11.9. The number of pyridine rings is 1. The standard InChI is InChI=1S/C15H18N4O2/c1-14(2,3)21-13(20)19-15(6-7-15)12-17-9-10-5-4-8-16-11(10)18-12/h4-5,8-9H,6-7H2,1-3H3,(H,19,20). The van der Waals surface area contributed by atoms with Gasteiger partial charge in [0.25, 0.3) is 0 Å². The second-order valence-electron chi connectivity index (χ2n) is 6.32. The van der Waals surface area contributed by atoms with Crippen LogP contribution in [0.15, 0.2) is 24.5 Å².